The number of esters is 1. The van der Waals surface area contributed by atoms with E-state index in [1.165, 1.54) is 7.11 Å². The number of nitrogens with one attached hydrogen (secondary N) is 1. The van der Waals surface area contributed by atoms with Crippen LogP contribution in [0.3, 0.4) is 0 Å². The first kappa shape index (κ1) is 20.5. The highest BCUT2D eigenvalue weighted by Gasteiger charge is 2.24. The second kappa shape index (κ2) is 8.55. The average molecular weight is 417 g/mol. The molecule has 1 aromatic heterocycles. The van der Waals surface area contributed by atoms with Gasteiger partial charge in [0, 0.05) is 17.7 Å². The number of benzene rings is 2. The van der Waals surface area contributed by atoms with E-state index in [1.807, 2.05) is 47.9 Å². The molecule has 0 saturated carbocycles. The number of ether oxygens (including phenoxy) is 1. The molecule has 158 valence electrons. The van der Waals surface area contributed by atoms with Gasteiger partial charge in [0.25, 0.3) is 5.56 Å². The van der Waals surface area contributed by atoms with Gasteiger partial charge in [-0.05, 0) is 29.2 Å². The molecule has 0 fully saturated rings. The summed E-state index contributed by atoms with van der Waals surface area (Å²) in [5.41, 5.74) is 4.29. The van der Waals surface area contributed by atoms with Crippen molar-refractivity contribution in [2.75, 3.05) is 12.4 Å². The molecule has 1 aliphatic rings. The number of aromatic nitrogens is 2. The van der Waals surface area contributed by atoms with Crippen molar-refractivity contribution in [3.63, 3.8) is 0 Å². The SMILES string of the molecule is CCCc1c(Cc2ccc(-c3ccccc3C(=O)OC)cc2)c(=O)nc2n1CC(=O)N2. The lowest BCUT2D eigenvalue weighted by Gasteiger charge is -2.14. The summed E-state index contributed by atoms with van der Waals surface area (Å²) in [6, 6.07) is 15.0. The Bertz CT molecular complexity index is 1210. The van der Waals surface area contributed by atoms with Crippen LogP contribution in [0, 0.1) is 0 Å². The van der Waals surface area contributed by atoms with Crippen LogP contribution in [0.4, 0.5) is 5.95 Å². The second-order valence-corrected chi connectivity index (χ2v) is 7.46. The molecule has 0 bridgehead atoms. The predicted octanol–water partition coefficient (Wildman–Crippen LogP) is 3.19. The molecule has 7 heteroatoms. The Morgan fingerprint density at radius 2 is 1.87 bits per heavy atom. The van der Waals surface area contributed by atoms with Crippen molar-refractivity contribution < 1.29 is 14.3 Å². The molecule has 2 heterocycles. The Morgan fingerprint density at radius 1 is 1.13 bits per heavy atom. The molecule has 0 unspecified atom stereocenters. The number of amides is 1. The van der Waals surface area contributed by atoms with Gasteiger partial charge in [0.2, 0.25) is 11.9 Å². The van der Waals surface area contributed by atoms with E-state index < -0.39 is 0 Å². The summed E-state index contributed by atoms with van der Waals surface area (Å²) < 4.78 is 6.69. The highest BCUT2D eigenvalue weighted by molar-refractivity contribution is 5.97. The summed E-state index contributed by atoms with van der Waals surface area (Å²) in [5, 5.41) is 2.65. The second-order valence-electron chi connectivity index (χ2n) is 7.46. The van der Waals surface area contributed by atoms with Crippen LogP contribution in [-0.4, -0.2) is 28.5 Å². The molecule has 1 N–H and O–H groups in total. The van der Waals surface area contributed by atoms with Crippen molar-refractivity contribution in [3.8, 4) is 11.1 Å². The van der Waals surface area contributed by atoms with Crippen LogP contribution in [0.25, 0.3) is 11.1 Å². The van der Waals surface area contributed by atoms with Crippen LogP contribution in [0.15, 0.2) is 53.3 Å². The molecular weight excluding hydrogens is 394 g/mol. The fourth-order valence-electron chi connectivity index (χ4n) is 3.94. The molecule has 0 aliphatic carbocycles. The zero-order valence-electron chi connectivity index (χ0n) is 17.5. The van der Waals surface area contributed by atoms with Gasteiger partial charge in [0.15, 0.2) is 0 Å². The minimum absolute atomic E-state index is 0.157. The topological polar surface area (TPSA) is 90.3 Å². The number of hydrogen-bond acceptors (Lipinski definition) is 5. The fourth-order valence-corrected chi connectivity index (χ4v) is 3.94. The molecule has 0 saturated heterocycles. The van der Waals surface area contributed by atoms with Crippen molar-refractivity contribution >= 4 is 17.8 Å². The number of hydrogen-bond donors (Lipinski definition) is 1. The zero-order valence-corrected chi connectivity index (χ0v) is 17.5. The van der Waals surface area contributed by atoms with Gasteiger partial charge in [0.05, 0.1) is 12.7 Å². The van der Waals surface area contributed by atoms with Gasteiger partial charge < -0.3 is 9.30 Å². The van der Waals surface area contributed by atoms with E-state index in [-0.39, 0.29) is 24.0 Å². The standard InChI is InChI=1S/C24H23N3O4/c1-3-6-20-19(22(29)26-24-25-21(28)14-27(20)24)13-15-9-11-16(12-10-15)17-7-4-5-8-18(17)23(30)31-2/h4-5,7-12H,3,6,13-14H2,1-2H3,(H,25,26,28,29). The molecule has 1 aliphatic heterocycles. The fraction of sp³-hybridized carbons (Fsp3) is 0.250. The first-order chi connectivity index (χ1) is 15.0. The average Bonchev–Trinajstić information content (AvgIpc) is 3.15. The van der Waals surface area contributed by atoms with Crippen LogP contribution in [0.5, 0.6) is 0 Å². The highest BCUT2D eigenvalue weighted by Crippen LogP contribution is 2.26. The number of methoxy groups -OCH3 is 1. The van der Waals surface area contributed by atoms with Crippen LogP contribution in [-0.2, 0) is 28.9 Å². The number of carbonyl (C=O) groups is 2. The Morgan fingerprint density at radius 3 is 2.58 bits per heavy atom. The maximum Gasteiger partial charge on any atom is 0.338 e. The van der Waals surface area contributed by atoms with Crippen molar-refractivity contribution in [1.29, 1.82) is 0 Å². The van der Waals surface area contributed by atoms with Crippen molar-refractivity contribution in [2.24, 2.45) is 0 Å². The van der Waals surface area contributed by atoms with Gasteiger partial charge >= 0.3 is 5.97 Å². The lowest BCUT2D eigenvalue weighted by Crippen LogP contribution is -2.22. The van der Waals surface area contributed by atoms with Gasteiger partial charge in [0.1, 0.15) is 6.54 Å². The first-order valence-corrected chi connectivity index (χ1v) is 10.2. The van der Waals surface area contributed by atoms with Crippen LogP contribution >= 0.6 is 0 Å². The monoisotopic (exact) mass is 417 g/mol. The lowest BCUT2D eigenvalue weighted by atomic mass is 9.96. The van der Waals surface area contributed by atoms with Gasteiger partial charge in [-0.1, -0.05) is 55.8 Å². The molecule has 1 amide bonds. The Balaban J connectivity index is 1.67. The lowest BCUT2D eigenvalue weighted by molar-refractivity contribution is -0.115. The number of carbonyl (C=O) groups excluding carboxylic acids is 2. The number of rotatable bonds is 6. The van der Waals surface area contributed by atoms with E-state index in [0.717, 1.165) is 28.8 Å². The summed E-state index contributed by atoms with van der Waals surface area (Å²) >= 11 is 0. The number of nitrogens with zero attached hydrogens (tertiary/aromatic N) is 2. The molecule has 31 heavy (non-hydrogen) atoms. The molecule has 0 atom stereocenters. The van der Waals surface area contributed by atoms with Crippen molar-refractivity contribution in [3.05, 3.63) is 81.3 Å². The van der Waals surface area contributed by atoms with Crippen LogP contribution < -0.4 is 10.9 Å². The van der Waals surface area contributed by atoms with E-state index in [4.69, 9.17) is 4.74 Å². The quantitative estimate of drug-likeness (QED) is 0.622. The van der Waals surface area contributed by atoms with Crippen LogP contribution in [0.2, 0.25) is 0 Å². The summed E-state index contributed by atoms with van der Waals surface area (Å²) in [7, 11) is 1.36. The van der Waals surface area contributed by atoms with Crippen LogP contribution in [0.1, 0.15) is 40.5 Å². The zero-order chi connectivity index (χ0) is 22.0. The third-order valence-corrected chi connectivity index (χ3v) is 5.41. The Kier molecular flexibility index (Phi) is 5.66. The van der Waals surface area contributed by atoms with E-state index in [2.05, 4.69) is 10.3 Å². The number of fused-ring (bicyclic) bond motifs is 1. The number of anilines is 1. The normalized spacial score (nSPS) is 12.4. The smallest absolute Gasteiger partial charge is 0.338 e. The van der Waals surface area contributed by atoms with E-state index in [1.54, 1.807) is 12.1 Å². The van der Waals surface area contributed by atoms with Gasteiger partial charge in [-0.3, -0.25) is 14.9 Å². The summed E-state index contributed by atoms with van der Waals surface area (Å²) in [6.07, 6.45) is 1.97. The minimum Gasteiger partial charge on any atom is -0.465 e. The predicted molar refractivity (Wildman–Crippen MR) is 117 cm³/mol. The summed E-state index contributed by atoms with van der Waals surface area (Å²) in [4.78, 5) is 40.6. The summed E-state index contributed by atoms with van der Waals surface area (Å²) in [5.74, 6) is -0.212. The maximum atomic E-state index is 12.7. The molecular formula is C24H23N3O4. The van der Waals surface area contributed by atoms with E-state index >= 15 is 0 Å². The minimum atomic E-state index is -0.385. The Hall–Kier alpha value is -3.74. The maximum absolute atomic E-state index is 12.7. The molecule has 2 aromatic carbocycles. The van der Waals surface area contributed by atoms with Gasteiger partial charge in [-0.15, -0.1) is 0 Å². The van der Waals surface area contributed by atoms with Gasteiger partial charge in [-0.25, -0.2) is 4.79 Å². The van der Waals surface area contributed by atoms with E-state index in [0.29, 0.717) is 29.9 Å². The van der Waals surface area contributed by atoms with Crippen molar-refractivity contribution in [2.45, 2.75) is 32.7 Å². The third kappa shape index (κ3) is 3.99. The summed E-state index contributed by atoms with van der Waals surface area (Å²) in [6.45, 7) is 2.23. The first-order valence-electron chi connectivity index (χ1n) is 10.2. The molecule has 0 spiro atoms. The highest BCUT2D eigenvalue weighted by atomic mass is 16.5. The van der Waals surface area contributed by atoms with Gasteiger partial charge in [-0.2, -0.15) is 4.98 Å². The molecule has 3 aromatic rings. The van der Waals surface area contributed by atoms with Crippen molar-refractivity contribution in [1.82, 2.24) is 9.55 Å². The Labute approximate surface area is 179 Å². The molecule has 0 radical (unpaired) electrons. The molecule has 4 rings (SSSR count). The molecule has 7 nitrogen and oxygen atoms in total. The third-order valence-electron chi connectivity index (χ3n) is 5.41. The largest absolute Gasteiger partial charge is 0.465 e. The van der Waals surface area contributed by atoms with E-state index in [9.17, 15) is 14.4 Å².